The summed E-state index contributed by atoms with van der Waals surface area (Å²) < 4.78 is 66.5. The molecule has 0 saturated carbocycles. The van der Waals surface area contributed by atoms with E-state index in [-0.39, 0.29) is 12.0 Å². The van der Waals surface area contributed by atoms with Crippen molar-refractivity contribution in [1.29, 1.82) is 0 Å². The zero-order valence-electron chi connectivity index (χ0n) is 10.6. The summed E-state index contributed by atoms with van der Waals surface area (Å²) in [6, 6.07) is 2.63. The van der Waals surface area contributed by atoms with Crippen LogP contribution in [0.2, 0.25) is 0 Å². The molecule has 3 N–H and O–H groups in total. The normalized spacial score (nSPS) is 12.5. The van der Waals surface area contributed by atoms with E-state index in [2.05, 4.69) is 5.43 Å². The number of hydrogen-bond donors (Lipinski definition) is 2. The molecular weight excluding hydrogens is 291 g/mol. The molecule has 0 spiro atoms. The third-order valence-corrected chi connectivity index (χ3v) is 2.96. The van der Waals surface area contributed by atoms with Crippen molar-refractivity contribution in [2.45, 2.75) is 12.5 Å². The summed E-state index contributed by atoms with van der Waals surface area (Å²) in [5, 5.41) is 0. The molecule has 0 heterocycles. The fourth-order valence-corrected chi connectivity index (χ4v) is 2.10. The third kappa shape index (κ3) is 3.56. The molecule has 7 heteroatoms. The molecule has 0 aliphatic heterocycles. The highest BCUT2D eigenvalue weighted by Crippen LogP contribution is 2.25. The van der Waals surface area contributed by atoms with E-state index in [0.717, 1.165) is 12.1 Å². The number of nitrogens with one attached hydrogen (secondary N) is 1. The summed E-state index contributed by atoms with van der Waals surface area (Å²) in [6.45, 7) is 0. The van der Waals surface area contributed by atoms with Gasteiger partial charge in [-0.3, -0.25) is 11.3 Å². The predicted molar refractivity (Wildman–Crippen MR) is 66.4 cm³/mol. The average Bonchev–Trinajstić information content (AvgIpc) is 2.35. The van der Waals surface area contributed by atoms with Gasteiger partial charge in [-0.1, -0.05) is 0 Å². The number of hydrogen-bond acceptors (Lipinski definition) is 2. The first-order chi connectivity index (χ1) is 9.90. The van der Waals surface area contributed by atoms with E-state index in [1.807, 2.05) is 0 Å². The molecule has 0 radical (unpaired) electrons. The van der Waals surface area contributed by atoms with Crippen molar-refractivity contribution >= 4 is 0 Å². The second-order valence-electron chi connectivity index (χ2n) is 4.48. The lowest BCUT2D eigenvalue weighted by atomic mass is 9.98. The van der Waals surface area contributed by atoms with Gasteiger partial charge in [-0.05, 0) is 24.1 Å². The third-order valence-electron chi connectivity index (χ3n) is 2.96. The first-order valence-corrected chi connectivity index (χ1v) is 5.96. The Labute approximate surface area is 117 Å². The molecule has 0 aliphatic rings. The van der Waals surface area contributed by atoms with E-state index >= 15 is 0 Å². The van der Waals surface area contributed by atoms with Crippen molar-refractivity contribution in [3.8, 4) is 0 Å². The van der Waals surface area contributed by atoms with Crippen molar-refractivity contribution in [3.05, 3.63) is 70.5 Å². The molecule has 0 saturated heterocycles. The molecule has 1 unspecified atom stereocenters. The lowest BCUT2D eigenvalue weighted by Crippen LogP contribution is -2.31. The van der Waals surface area contributed by atoms with E-state index in [4.69, 9.17) is 5.84 Å². The van der Waals surface area contributed by atoms with Crippen molar-refractivity contribution in [2.24, 2.45) is 5.84 Å². The summed E-state index contributed by atoms with van der Waals surface area (Å²) >= 11 is 0. The highest BCUT2D eigenvalue weighted by molar-refractivity contribution is 5.27. The summed E-state index contributed by atoms with van der Waals surface area (Å²) in [5.74, 6) is 0.270. The first kappa shape index (κ1) is 15.4. The highest BCUT2D eigenvalue weighted by atomic mass is 19.2. The largest absolute Gasteiger partial charge is 0.271 e. The van der Waals surface area contributed by atoms with Crippen LogP contribution in [0, 0.1) is 29.1 Å². The molecular formula is C14H11F5N2. The Morgan fingerprint density at radius 1 is 0.810 bits per heavy atom. The Hall–Kier alpha value is -1.99. The maximum absolute atomic E-state index is 13.7. The molecule has 2 rings (SSSR count). The van der Waals surface area contributed by atoms with Gasteiger partial charge in [0.05, 0.1) is 6.04 Å². The molecule has 0 bridgehead atoms. The fourth-order valence-electron chi connectivity index (χ4n) is 2.10. The molecule has 0 fully saturated rings. The maximum atomic E-state index is 13.7. The monoisotopic (exact) mass is 302 g/mol. The van der Waals surface area contributed by atoms with Gasteiger partial charge in [-0.15, -0.1) is 0 Å². The SMILES string of the molecule is NNC(Cc1cc(F)cc(F)c1)c1c(F)cc(F)cc1F. The molecule has 0 aliphatic carbocycles. The van der Waals surface area contributed by atoms with Gasteiger partial charge in [0, 0.05) is 23.8 Å². The van der Waals surface area contributed by atoms with Gasteiger partial charge in [-0.2, -0.15) is 0 Å². The molecule has 112 valence electrons. The van der Waals surface area contributed by atoms with Gasteiger partial charge in [0.1, 0.15) is 29.1 Å². The number of rotatable bonds is 4. The van der Waals surface area contributed by atoms with Crippen LogP contribution in [0.3, 0.4) is 0 Å². The average molecular weight is 302 g/mol. The Kier molecular flexibility index (Phi) is 4.54. The van der Waals surface area contributed by atoms with E-state index in [1.54, 1.807) is 0 Å². The number of halogens is 5. The second-order valence-corrected chi connectivity index (χ2v) is 4.48. The zero-order chi connectivity index (χ0) is 15.6. The molecule has 0 aromatic heterocycles. The molecule has 2 aromatic carbocycles. The number of nitrogens with two attached hydrogens (primary N) is 1. The van der Waals surface area contributed by atoms with Crippen LogP contribution < -0.4 is 11.3 Å². The Balaban J connectivity index is 2.36. The van der Waals surface area contributed by atoms with Crippen LogP contribution in [-0.4, -0.2) is 0 Å². The minimum Gasteiger partial charge on any atom is -0.271 e. The van der Waals surface area contributed by atoms with E-state index in [0.29, 0.717) is 18.2 Å². The van der Waals surface area contributed by atoms with Crippen LogP contribution in [0.15, 0.2) is 30.3 Å². The van der Waals surface area contributed by atoms with Crippen LogP contribution in [0.5, 0.6) is 0 Å². The Morgan fingerprint density at radius 3 is 1.76 bits per heavy atom. The topological polar surface area (TPSA) is 38.0 Å². The van der Waals surface area contributed by atoms with Crippen LogP contribution in [-0.2, 0) is 6.42 Å². The molecule has 0 amide bonds. The summed E-state index contributed by atoms with van der Waals surface area (Å²) in [6.07, 6.45) is -0.176. The van der Waals surface area contributed by atoms with E-state index < -0.39 is 40.7 Å². The van der Waals surface area contributed by atoms with Crippen LogP contribution in [0.4, 0.5) is 22.0 Å². The zero-order valence-corrected chi connectivity index (χ0v) is 10.6. The first-order valence-electron chi connectivity index (χ1n) is 5.96. The van der Waals surface area contributed by atoms with Crippen molar-refractivity contribution in [1.82, 2.24) is 5.43 Å². The van der Waals surface area contributed by atoms with Gasteiger partial charge < -0.3 is 0 Å². The summed E-state index contributed by atoms with van der Waals surface area (Å²) in [5.41, 5.74) is 1.81. The lowest BCUT2D eigenvalue weighted by molar-refractivity contribution is 0.460. The quantitative estimate of drug-likeness (QED) is 0.517. The van der Waals surface area contributed by atoms with Crippen molar-refractivity contribution in [2.75, 3.05) is 0 Å². The standard InChI is InChI=1S/C14H11F5N2/c15-8-1-7(2-9(16)4-8)3-13(21-20)14-11(18)5-10(17)6-12(14)19/h1-2,4-6,13,21H,3,20H2. The predicted octanol–water partition coefficient (Wildman–Crippen LogP) is 3.13. The number of benzene rings is 2. The Morgan fingerprint density at radius 2 is 1.29 bits per heavy atom. The maximum Gasteiger partial charge on any atom is 0.133 e. The van der Waals surface area contributed by atoms with Gasteiger partial charge >= 0.3 is 0 Å². The minimum absolute atomic E-state index is 0.151. The van der Waals surface area contributed by atoms with Crippen molar-refractivity contribution < 1.29 is 22.0 Å². The minimum atomic E-state index is -1.13. The van der Waals surface area contributed by atoms with E-state index in [9.17, 15) is 22.0 Å². The van der Waals surface area contributed by atoms with Gasteiger partial charge in [0.2, 0.25) is 0 Å². The van der Waals surface area contributed by atoms with Crippen molar-refractivity contribution in [3.63, 3.8) is 0 Å². The van der Waals surface area contributed by atoms with Crippen LogP contribution >= 0.6 is 0 Å². The fraction of sp³-hybridized carbons (Fsp3) is 0.143. The van der Waals surface area contributed by atoms with Gasteiger partial charge in [0.15, 0.2) is 0 Å². The smallest absolute Gasteiger partial charge is 0.133 e. The van der Waals surface area contributed by atoms with Crippen LogP contribution in [0.1, 0.15) is 17.2 Å². The molecule has 2 nitrogen and oxygen atoms in total. The summed E-state index contributed by atoms with van der Waals surface area (Å²) in [4.78, 5) is 0. The Bertz CT molecular complexity index is 617. The van der Waals surface area contributed by atoms with Gasteiger partial charge in [-0.25, -0.2) is 22.0 Å². The van der Waals surface area contributed by atoms with E-state index in [1.165, 1.54) is 0 Å². The second kappa shape index (κ2) is 6.19. The number of hydrazine groups is 1. The van der Waals surface area contributed by atoms with Crippen LogP contribution in [0.25, 0.3) is 0 Å². The summed E-state index contributed by atoms with van der Waals surface area (Å²) in [7, 11) is 0. The molecule has 2 aromatic rings. The molecule has 1 atom stereocenters. The molecule has 21 heavy (non-hydrogen) atoms. The highest BCUT2D eigenvalue weighted by Gasteiger charge is 2.21. The lowest BCUT2D eigenvalue weighted by Gasteiger charge is -2.18. The van der Waals surface area contributed by atoms with Gasteiger partial charge in [0.25, 0.3) is 0 Å².